The highest BCUT2D eigenvalue weighted by atomic mass is 16.5. The molecule has 2 bridgehead atoms. The number of carbonyl (C=O) groups excluding carboxylic acids is 1. The maximum atomic E-state index is 12.3. The lowest BCUT2D eigenvalue weighted by atomic mass is 9.79. The van der Waals surface area contributed by atoms with Crippen LogP contribution in [0.2, 0.25) is 0 Å². The minimum absolute atomic E-state index is 0.0988. The zero-order valence-electron chi connectivity index (χ0n) is 19.7. The van der Waals surface area contributed by atoms with E-state index in [0.29, 0.717) is 43.0 Å². The smallest absolute Gasteiger partial charge is 0.220 e. The van der Waals surface area contributed by atoms with Crippen molar-refractivity contribution in [2.24, 2.45) is 11.8 Å². The first-order valence-electron chi connectivity index (χ1n) is 12.2. The maximum absolute atomic E-state index is 12.3. The lowest BCUT2D eigenvalue weighted by Crippen LogP contribution is -2.55. The SMILES string of the molecule is COc1ccccc1OCCNC(=O)CCC[C@H]1NCC2CC1CN(Cc1ccccc1)C2. The number of methoxy groups -OCH3 is 1. The minimum Gasteiger partial charge on any atom is -0.493 e. The van der Waals surface area contributed by atoms with Crippen molar-refractivity contribution in [3.05, 3.63) is 60.2 Å². The molecule has 3 atom stereocenters. The Bertz CT molecular complexity index is 876. The van der Waals surface area contributed by atoms with Gasteiger partial charge in [0, 0.05) is 32.1 Å². The van der Waals surface area contributed by atoms with Crippen molar-refractivity contribution in [3.63, 3.8) is 0 Å². The Morgan fingerprint density at radius 2 is 1.88 bits per heavy atom. The molecule has 4 rings (SSSR count). The van der Waals surface area contributed by atoms with Gasteiger partial charge in [-0.3, -0.25) is 9.69 Å². The quantitative estimate of drug-likeness (QED) is 0.512. The van der Waals surface area contributed by atoms with E-state index < -0.39 is 0 Å². The van der Waals surface area contributed by atoms with E-state index in [1.807, 2.05) is 24.3 Å². The van der Waals surface area contributed by atoms with Crippen molar-refractivity contribution in [1.29, 1.82) is 0 Å². The second-order valence-electron chi connectivity index (χ2n) is 9.30. The summed E-state index contributed by atoms with van der Waals surface area (Å²) >= 11 is 0. The largest absolute Gasteiger partial charge is 0.493 e. The van der Waals surface area contributed by atoms with Gasteiger partial charge in [-0.25, -0.2) is 0 Å². The molecule has 2 aliphatic rings. The van der Waals surface area contributed by atoms with Crippen LogP contribution in [0.15, 0.2) is 54.6 Å². The van der Waals surface area contributed by atoms with Gasteiger partial charge in [0.25, 0.3) is 0 Å². The molecular formula is C27H37N3O3. The molecule has 2 unspecified atom stereocenters. The molecule has 0 aliphatic carbocycles. The van der Waals surface area contributed by atoms with E-state index in [9.17, 15) is 4.79 Å². The lowest BCUT2D eigenvalue weighted by molar-refractivity contribution is -0.121. The summed E-state index contributed by atoms with van der Waals surface area (Å²) in [5.74, 6) is 2.93. The number of fused-ring (bicyclic) bond motifs is 2. The van der Waals surface area contributed by atoms with E-state index in [1.54, 1.807) is 7.11 Å². The van der Waals surface area contributed by atoms with Crippen LogP contribution in [0, 0.1) is 11.8 Å². The third kappa shape index (κ3) is 6.95. The van der Waals surface area contributed by atoms with Crippen LogP contribution in [0.5, 0.6) is 11.5 Å². The molecule has 2 saturated heterocycles. The second-order valence-corrected chi connectivity index (χ2v) is 9.30. The van der Waals surface area contributed by atoms with Gasteiger partial charge in [0.05, 0.1) is 13.7 Å². The van der Waals surface area contributed by atoms with Crippen LogP contribution in [0.4, 0.5) is 0 Å². The van der Waals surface area contributed by atoms with Gasteiger partial charge in [-0.05, 0) is 55.3 Å². The molecule has 0 spiro atoms. The van der Waals surface area contributed by atoms with Crippen LogP contribution in [0.1, 0.15) is 31.2 Å². The van der Waals surface area contributed by atoms with Gasteiger partial charge >= 0.3 is 0 Å². The lowest BCUT2D eigenvalue weighted by Gasteiger charge is -2.46. The topological polar surface area (TPSA) is 62.8 Å². The second kappa shape index (κ2) is 12.1. The number of hydrogen-bond acceptors (Lipinski definition) is 5. The standard InChI is InChI=1S/C27H37N3O3/c1-32-25-11-5-6-12-26(25)33-15-14-28-27(31)13-7-10-24-23-16-22(17-29-24)19-30(20-23)18-21-8-3-2-4-9-21/h2-6,8-9,11-12,22-24,29H,7,10,13-20H2,1H3,(H,28,31)/t22?,23?,24-/m1/s1. The third-order valence-electron chi connectivity index (χ3n) is 6.80. The molecule has 6 nitrogen and oxygen atoms in total. The number of carbonyl (C=O) groups is 1. The highest BCUT2D eigenvalue weighted by Crippen LogP contribution is 2.31. The van der Waals surface area contributed by atoms with Crippen LogP contribution in [-0.4, -0.2) is 56.7 Å². The van der Waals surface area contributed by atoms with Crippen molar-refractivity contribution in [2.75, 3.05) is 39.9 Å². The summed E-state index contributed by atoms with van der Waals surface area (Å²) in [7, 11) is 1.62. The first kappa shape index (κ1) is 23.6. The monoisotopic (exact) mass is 451 g/mol. The van der Waals surface area contributed by atoms with E-state index in [-0.39, 0.29) is 5.91 Å². The van der Waals surface area contributed by atoms with Crippen LogP contribution < -0.4 is 20.1 Å². The van der Waals surface area contributed by atoms with Gasteiger partial charge in [0.15, 0.2) is 11.5 Å². The molecule has 0 radical (unpaired) electrons. The molecule has 178 valence electrons. The summed E-state index contributed by atoms with van der Waals surface area (Å²) in [4.78, 5) is 14.9. The molecule has 2 heterocycles. The van der Waals surface area contributed by atoms with E-state index >= 15 is 0 Å². The van der Waals surface area contributed by atoms with Crippen LogP contribution in [0.3, 0.4) is 0 Å². The fourth-order valence-electron chi connectivity index (χ4n) is 5.24. The molecular weight excluding hydrogens is 414 g/mol. The van der Waals surface area contributed by atoms with E-state index in [4.69, 9.17) is 9.47 Å². The van der Waals surface area contributed by atoms with Gasteiger partial charge in [-0.15, -0.1) is 0 Å². The molecule has 2 aliphatic heterocycles. The van der Waals surface area contributed by atoms with Gasteiger partial charge in [0.1, 0.15) is 6.61 Å². The summed E-state index contributed by atoms with van der Waals surface area (Å²) in [6.07, 6.45) is 3.85. The Hall–Kier alpha value is -2.57. The molecule has 1 amide bonds. The van der Waals surface area contributed by atoms with Gasteiger partial charge in [-0.2, -0.15) is 0 Å². The van der Waals surface area contributed by atoms with Crippen LogP contribution >= 0.6 is 0 Å². The number of para-hydroxylation sites is 2. The number of nitrogens with zero attached hydrogens (tertiary/aromatic N) is 1. The van der Waals surface area contributed by atoms with E-state index in [2.05, 4.69) is 45.9 Å². The summed E-state index contributed by atoms with van der Waals surface area (Å²) in [6.45, 7) is 5.40. The number of hydrogen-bond donors (Lipinski definition) is 2. The van der Waals surface area contributed by atoms with Crippen molar-refractivity contribution >= 4 is 5.91 Å². The molecule has 2 N–H and O–H groups in total. The predicted octanol–water partition coefficient (Wildman–Crippen LogP) is 3.47. The summed E-state index contributed by atoms with van der Waals surface area (Å²) in [6, 6.07) is 18.8. The Balaban J connectivity index is 1.13. The predicted molar refractivity (Wildman–Crippen MR) is 130 cm³/mol. The van der Waals surface area contributed by atoms with Crippen molar-refractivity contribution in [1.82, 2.24) is 15.5 Å². The third-order valence-corrected chi connectivity index (χ3v) is 6.80. The molecule has 33 heavy (non-hydrogen) atoms. The van der Waals surface area contributed by atoms with Crippen molar-refractivity contribution in [2.45, 2.75) is 38.3 Å². The number of nitrogens with one attached hydrogen (secondary N) is 2. The van der Waals surface area contributed by atoms with Crippen molar-refractivity contribution < 1.29 is 14.3 Å². The number of likely N-dealkylation sites (tertiary alicyclic amines) is 1. The van der Waals surface area contributed by atoms with Crippen molar-refractivity contribution in [3.8, 4) is 11.5 Å². The molecule has 0 saturated carbocycles. The number of amides is 1. The molecule has 0 aromatic heterocycles. The first-order chi connectivity index (χ1) is 16.2. The summed E-state index contributed by atoms with van der Waals surface area (Å²) in [5.41, 5.74) is 1.40. The Morgan fingerprint density at radius 1 is 1.09 bits per heavy atom. The van der Waals surface area contributed by atoms with Crippen LogP contribution in [-0.2, 0) is 11.3 Å². The first-order valence-corrected chi connectivity index (χ1v) is 12.2. The Kier molecular flexibility index (Phi) is 8.61. The normalized spacial score (nSPS) is 22.5. The number of benzene rings is 2. The molecule has 2 aromatic rings. The number of rotatable bonds is 11. The van der Waals surface area contributed by atoms with Gasteiger partial charge < -0.3 is 20.1 Å². The van der Waals surface area contributed by atoms with Crippen LogP contribution in [0.25, 0.3) is 0 Å². The maximum Gasteiger partial charge on any atom is 0.220 e. The molecule has 2 aromatic carbocycles. The minimum atomic E-state index is 0.0988. The van der Waals surface area contributed by atoms with E-state index in [1.165, 1.54) is 18.5 Å². The molecule has 6 heteroatoms. The zero-order valence-corrected chi connectivity index (χ0v) is 19.7. The highest BCUT2D eigenvalue weighted by molar-refractivity contribution is 5.75. The average molecular weight is 452 g/mol. The fourth-order valence-corrected chi connectivity index (χ4v) is 5.24. The van der Waals surface area contributed by atoms with Gasteiger partial charge in [0.2, 0.25) is 5.91 Å². The molecule has 2 fully saturated rings. The van der Waals surface area contributed by atoms with Gasteiger partial charge in [-0.1, -0.05) is 42.5 Å². The number of ether oxygens (including phenoxy) is 2. The summed E-state index contributed by atoms with van der Waals surface area (Å²) in [5, 5.41) is 6.74. The number of piperidine rings is 2. The summed E-state index contributed by atoms with van der Waals surface area (Å²) < 4.78 is 11.0. The Labute approximate surface area is 197 Å². The fraction of sp³-hybridized carbons (Fsp3) is 0.519. The zero-order chi connectivity index (χ0) is 22.9. The average Bonchev–Trinajstić information content (AvgIpc) is 2.84. The highest BCUT2D eigenvalue weighted by Gasteiger charge is 2.36. The van der Waals surface area contributed by atoms with E-state index in [0.717, 1.165) is 38.4 Å². The Morgan fingerprint density at radius 3 is 2.70 bits per heavy atom.